The third kappa shape index (κ3) is 7.61. The number of hydrogen-bond donors (Lipinski definition) is 0. The SMILES string of the molecule is CCC(C(=O)C(C)(C)[C@@H]1CCOC(C)(C)O1)[C@@H](OC1CCCCO1)[C@@H](C)CCCC(C)=O. The van der Waals surface area contributed by atoms with Crippen LogP contribution in [0.1, 0.15) is 99.8 Å². The van der Waals surface area contributed by atoms with Crippen molar-refractivity contribution in [2.75, 3.05) is 13.2 Å². The molecular formula is C26H46O6. The number of ether oxygens (including phenoxy) is 4. The van der Waals surface area contributed by atoms with Gasteiger partial charge in [0.15, 0.2) is 12.1 Å². The summed E-state index contributed by atoms with van der Waals surface area (Å²) in [6, 6.07) is 0. The highest BCUT2D eigenvalue weighted by molar-refractivity contribution is 5.87. The predicted molar refractivity (Wildman–Crippen MR) is 124 cm³/mol. The number of carbonyl (C=O) groups is 2. The van der Waals surface area contributed by atoms with Gasteiger partial charge >= 0.3 is 0 Å². The first-order valence-corrected chi connectivity index (χ1v) is 12.6. The monoisotopic (exact) mass is 454 g/mol. The Morgan fingerprint density at radius 3 is 2.44 bits per heavy atom. The number of rotatable bonds is 12. The van der Waals surface area contributed by atoms with Crippen molar-refractivity contribution in [3.63, 3.8) is 0 Å². The second-order valence-electron chi connectivity index (χ2n) is 10.7. The van der Waals surface area contributed by atoms with Gasteiger partial charge < -0.3 is 23.7 Å². The molecule has 2 saturated heterocycles. The van der Waals surface area contributed by atoms with E-state index in [0.717, 1.165) is 32.1 Å². The minimum atomic E-state index is -0.687. The van der Waals surface area contributed by atoms with Crippen LogP contribution in [-0.2, 0) is 28.5 Å². The zero-order valence-electron chi connectivity index (χ0n) is 21.4. The molecule has 0 aromatic heterocycles. The lowest BCUT2D eigenvalue weighted by molar-refractivity contribution is -0.289. The zero-order valence-corrected chi connectivity index (χ0v) is 21.4. The average molecular weight is 455 g/mol. The van der Waals surface area contributed by atoms with Gasteiger partial charge in [-0.25, -0.2) is 0 Å². The Morgan fingerprint density at radius 1 is 1.16 bits per heavy atom. The summed E-state index contributed by atoms with van der Waals surface area (Å²) < 4.78 is 24.3. The second-order valence-corrected chi connectivity index (χ2v) is 10.7. The van der Waals surface area contributed by atoms with E-state index in [9.17, 15) is 9.59 Å². The summed E-state index contributed by atoms with van der Waals surface area (Å²) in [5.41, 5.74) is -0.657. The highest BCUT2D eigenvalue weighted by Gasteiger charge is 2.47. The molecule has 0 N–H and O–H groups in total. The van der Waals surface area contributed by atoms with Crippen molar-refractivity contribution < 1.29 is 28.5 Å². The number of hydrogen-bond acceptors (Lipinski definition) is 6. The summed E-state index contributed by atoms with van der Waals surface area (Å²) in [7, 11) is 0. The Hall–Kier alpha value is -0.820. The molecule has 0 radical (unpaired) electrons. The number of Topliss-reactive ketones (excluding diaryl/α,β-unsaturated/α-hetero) is 2. The van der Waals surface area contributed by atoms with Crippen LogP contribution < -0.4 is 0 Å². The fraction of sp³-hybridized carbons (Fsp3) is 0.923. The number of ketones is 2. The fourth-order valence-electron chi connectivity index (χ4n) is 5.02. The molecule has 2 rings (SSSR count). The molecule has 2 aliphatic rings. The Morgan fingerprint density at radius 2 is 1.88 bits per heavy atom. The van der Waals surface area contributed by atoms with E-state index in [2.05, 4.69) is 13.8 Å². The van der Waals surface area contributed by atoms with E-state index in [0.29, 0.717) is 32.5 Å². The first-order valence-electron chi connectivity index (χ1n) is 12.6. The van der Waals surface area contributed by atoms with Crippen molar-refractivity contribution in [1.82, 2.24) is 0 Å². The van der Waals surface area contributed by atoms with Gasteiger partial charge in [0, 0.05) is 18.9 Å². The summed E-state index contributed by atoms with van der Waals surface area (Å²) in [6.45, 7) is 14.9. The molecule has 6 heteroatoms. The first-order chi connectivity index (χ1) is 15.0. The molecule has 0 saturated carbocycles. The van der Waals surface area contributed by atoms with Crippen LogP contribution in [0.2, 0.25) is 0 Å². The maximum atomic E-state index is 14.0. The van der Waals surface area contributed by atoms with Crippen LogP contribution in [0, 0.1) is 17.3 Å². The molecule has 5 atom stereocenters. The van der Waals surface area contributed by atoms with Gasteiger partial charge in [-0.2, -0.15) is 0 Å². The lowest BCUT2D eigenvalue weighted by Crippen LogP contribution is -2.52. The molecule has 2 fully saturated rings. The van der Waals surface area contributed by atoms with Crippen molar-refractivity contribution in [3.05, 3.63) is 0 Å². The van der Waals surface area contributed by atoms with E-state index in [4.69, 9.17) is 18.9 Å². The van der Waals surface area contributed by atoms with Crippen LogP contribution in [0.15, 0.2) is 0 Å². The van der Waals surface area contributed by atoms with Crippen molar-refractivity contribution in [3.8, 4) is 0 Å². The third-order valence-electron chi connectivity index (χ3n) is 7.06. The molecule has 0 aromatic carbocycles. The molecule has 0 spiro atoms. The maximum absolute atomic E-state index is 14.0. The molecular weight excluding hydrogens is 408 g/mol. The lowest BCUT2D eigenvalue weighted by atomic mass is 9.71. The lowest BCUT2D eigenvalue weighted by Gasteiger charge is -2.45. The summed E-state index contributed by atoms with van der Waals surface area (Å²) in [5, 5.41) is 0. The van der Waals surface area contributed by atoms with E-state index < -0.39 is 11.2 Å². The topological polar surface area (TPSA) is 71.1 Å². The van der Waals surface area contributed by atoms with Crippen LogP contribution in [-0.4, -0.2) is 49.1 Å². The fourth-order valence-corrected chi connectivity index (χ4v) is 5.02. The van der Waals surface area contributed by atoms with Crippen LogP contribution in [0.3, 0.4) is 0 Å². The zero-order chi connectivity index (χ0) is 23.9. The van der Waals surface area contributed by atoms with E-state index in [-0.39, 0.29) is 41.9 Å². The van der Waals surface area contributed by atoms with E-state index in [1.807, 2.05) is 27.7 Å². The Kier molecular flexibility index (Phi) is 10.3. The predicted octanol–water partition coefficient (Wildman–Crippen LogP) is 5.46. The van der Waals surface area contributed by atoms with Crippen molar-refractivity contribution in [2.45, 2.75) is 124 Å². The largest absolute Gasteiger partial charge is 0.353 e. The molecule has 0 bridgehead atoms. The molecule has 2 heterocycles. The van der Waals surface area contributed by atoms with E-state index in [1.54, 1.807) is 6.92 Å². The molecule has 0 aliphatic carbocycles. The highest BCUT2D eigenvalue weighted by Crippen LogP contribution is 2.39. The molecule has 0 aromatic rings. The molecule has 0 amide bonds. The standard InChI is InChI=1S/C26H46O6/c1-8-20(24(28)25(4,5)21-15-17-30-26(6,7)32-21)23(18(2)12-11-13-19(3)27)31-22-14-9-10-16-29-22/h18,20-23H,8-17H2,1-7H3/t18-,20?,21-,22?,23-/m0/s1. The maximum Gasteiger partial charge on any atom is 0.163 e. The summed E-state index contributed by atoms with van der Waals surface area (Å²) in [4.78, 5) is 25.4. The van der Waals surface area contributed by atoms with Crippen LogP contribution in [0.25, 0.3) is 0 Å². The van der Waals surface area contributed by atoms with Crippen molar-refractivity contribution in [2.24, 2.45) is 17.3 Å². The Labute approximate surface area is 195 Å². The van der Waals surface area contributed by atoms with E-state index in [1.165, 1.54) is 0 Å². The minimum absolute atomic E-state index is 0.150. The molecule has 2 unspecified atom stereocenters. The molecule has 186 valence electrons. The highest BCUT2D eigenvalue weighted by atomic mass is 16.7. The van der Waals surface area contributed by atoms with Gasteiger partial charge in [-0.05, 0) is 71.6 Å². The number of carbonyl (C=O) groups excluding carboxylic acids is 2. The van der Waals surface area contributed by atoms with Crippen LogP contribution in [0.4, 0.5) is 0 Å². The summed E-state index contributed by atoms with van der Waals surface area (Å²) in [5.74, 6) is -0.404. The minimum Gasteiger partial charge on any atom is -0.353 e. The molecule has 6 nitrogen and oxygen atoms in total. The average Bonchev–Trinajstić information content (AvgIpc) is 2.73. The van der Waals surface area contributed by atoms with Crippen molar-refractivity contribution in [1.29, 1.82) is 0 Å². The van der Waals surface area contributed by atoms with Gasteiger partial charge in [0.2, 0.25) is 0 Å². The Bertz CT molecular complexity index is 607. The van der Waals surface area contributed by atoms with Gasteiger partial charge in [0.05, 0.1) is 24.2 Å². The summed E-state index contributed by atoms with van der Waals surface area (Å²) >= 11 is 0. The van der Waals surface area contributed by atoms with Gasteiger partial charge in [-0.1, -0.05) is 27.7 Å². The van der Waals surface area contributed by atoms with Crippen LogP contribution in [0.5, 0.6) is 0 Å². The molecule has 32 heavy (non-hydrogen) atoms. The third-order valence-corrected chi connectivity index (χ3v) is 7.06. The summed E-state index contributed by atoms with van der Waals surface area (Å²) in [6.07, 6.45) is 5.92. The van der Waals surface area contributed by atoms with Gasteiger partial charge in [-0.15, -0.1) is 0 Å². The van der Waals surface area contributed by atoms with E-state index >= 15 is 0 Å². The van der Waals surface area contributed by atoms with Gasteiger partial charge in [0.1, 0.15) is 11.6 Å². The van der Waals surface area contributed by atoms with Gasteiger partial charge in [0.25, 0.3) is 0 Å². The normalized spacial score (nSPS) is 26.8. The quantitative estimate of drug-likeness (QED) is 0.390. The molecule has 2 aliphatic heterocycles. The van der Waals surface area contributed by atoms with Gasteiger partial charge in [-0.3, -0.25) is 4.79 Å². The van der Waals surface area contributed by atoms with Crippen LogP contribution >= 0.6 is 0 Å². The van der Waals surface area contributed by atoms with Crippen molar-refractivity contribution >= 4 is 11.6 Å². The Balaban J connectivity index is 2.20. The second kappa shape index (κ2) is 12.0. The first kappa shape index (κ1) is 27.4. The smallest absolute Gasteiger partial charge is 0.163 e.